The van der Waals surface area contributed by atoms with Crippen molar-refractivity contribution in [1.29, 1.82) is 0 Å². The van der Waals surface area contributed by atoms with E-state index in [4.69, 9.17) is 0 Å². The van der Waals surface area contributed by atoms with E-state index in [-0.39, 0.29) is 11.8 Å². The molecule has 6 heteroatoms. The molecule has 0 saturated carbocycles. The van der Waals surface area contributed by atoms with E-state index < -0.39 is 17.9 Å². The molecule has 0 bridgehead atoms. The zero-order valence-corrected chi connectivity index (χ0v) is 13.9. The molecule has 2 amide bonds. The van der Waals surface area contributed by atoms with Crippen LogP contribution in [0.3, 0.4) is 0 Å². The van der Waals surface area contributed by atoms with E-state index in [1.165, 1.54) is 4.90 Å². The highest BCUT2D eigenvalue weighted by molar-refractivity contribution is 6.00. The van der Waals surface area contributed by atoms with Gasteiger partial charge in [-0.25, -0.2) is 0 Å². The molecule has 2 atom stereocenters. The van der Waals surface area contributed by atoms with Crippen molar-refractivity contribution in [2.75, 3.05) is 14.1 Å². The number of likely N-dealkylation sites (N-methyl/N-ethyl adjacent to an activating group) is 1. The molecule has 2 aromatic carbocycles. The minimum absolute atomic E-state index is 0.214. The number of carboxylic acids is 1. The maximum absolute atomic E-state index is 12.7. The van der Waals surface area contributed by atoms with E-state index in [1.54, 1.807) is 62.6 Å². The number of nitrogens with zero attached hydrogens (tertiary/aromatic N) is 1. The first kappa shape index (κ1) is 16.7. The first-order chi connectivity index (χ1) is 12.0. The van der Waals surface area contributed by atoms with E-state index in [9.17, 15) is 19.5 Å². The fraction of sp³-hybridized carbons (Fsp3) is 0.211. The second-order valence-electron chi connectivity index (χ2n) is 5.97. The number of carboxylic acid groups (broad SMARTS) is 1. The number of hydrogen-bond acceptors (Lipinski definition) is 3. The summed E-state index contributed by atoms with van der Waals surface area (Å²) in [6.45, 7) is 0. The van der Waals surface area contributed by atoms with E-state index in [1.807, 2.05) is 0 Å². The Hall–Kier alpha value is -3.15. The lowest BCUT2D eigenvalue weighted by Crippen LogP contribution is -2.42. The van der Waals surface area contributed by atoms with Gasteiger partial charge in [0.2, 0.25) is 0 Å². The molecule has 0 aromatic heterocycles. The number of aliphatic carboxylic acids is 1. The molecule has 0 fully saturated rings. The molecule has 128 valence electrons. The van der Waals surface area contributed by atoms with Crippen LogP contribution in [-0.4, -0.2) is 41.9 Å². The molecule has 1 aliphatic rings. The van der Waals surface area contributed by atoms with Crippen molar-refractivity contribution in [3.63, 3.8) is 0 Å². The Morgan fingerprint density at radius 2 is 1.72 bits per heavy atom. The monoisotopic (exact) mass is 338 g/mol. The van der Waals surface area contributed by atoms with Crippen molar-refractivity contribution in [3.05, 3.63) is 70.8 Å². The average molecular weight is 338 g/mol. The largest absolute Gasteiger partial charge is 0.481 e. The van der Waals surface area contributed by atoms with Gasteiger partial charge in [0.15, 0.2) is 0 Å². The Morgan fingerprint density at radius 3 is 2.32 bits per heavy atom. The van der Waals surface area contributed by atoms with Gasteiger partial charge in [-0.1, -0.05) is 30.3 Å². The Morgan fingerprint density at radius 1 is 1.08 bits per heavy atom. The Labute approximate surface area is 145 Å². The second-order valence-corrected chi connectivity index (χ2v) is 5.97. The van der Waals surface area contributed by atoms with Crippen molar-refractivity contribution < 1.29 is 19.5 Å². The molecule has 25 heavy (non-hydrogen) atoms. The van der Waals surface area contributed by atoms with Gasteiger partial charge in [-0.2, -0.15) is 0 Å². The number of carbonyl (C=O) groups excluding carboxylic acids is 2. The zero-order chi connectivity index (χ0) is 18.1. The third kappa shape index (κ3) is 2.76. The fourth-order valence-electron chi connectivity index (χ4n) is 3.33. The van der Waals surface area contributed by atoms with Crippen LogP contribution in [0.4, 0.5) is 0 Å². The van der Waals surface area contributed by atoms with Crippen LogP contribution in [0.5, 0.6) is 0 Å². The molecule has 0 spiro atoms. The number of amides is 2. The third-order valence-corrected chi connectivity index (χ3v) is 4.59. The van der Waals surface area contributed by atoms with Crippen molar-refractivity contribution in [1.82, 2.24) is 10.2 Å². The summed E-state index contributed by atoms with van der Waals surface area (Å²) in [5.74, 6) is -2.30. The Bertz CT molecular complexity index is 845. The number of nitrogens with one attached hydrogen (secondary N) is 1. The van der Waals surface area contributed by atoms with E-state index >= 15 is 0 Å². The van der Waals surface area contributed by atoms with Gasteiger partial charge in [0.25, 0.3) is 11.8 Å². The average Bonchev–Trinajstić information content (AvgIpc) is 2.63. The Balaban J connectivity index is 2.09. The van der Waals surface area contributed by atoms with Crippen LogP contribution in [0.2, 0.25) is 0 Å². The van der Waals surface area contributed by atoms with Crippen LogP contribution < -0.4 is 5.32 Å². The lowest BCUT2D eigenvalue weighted by molar-refractivity contribution is -0.140. The first-order valence-corrected chi connectivity index (χ1v) is 7.86. The highest BCUT2D eigenvalue weighted by Gasteiger charge is 2.42. The van der Waals surface area contributed by atoms with Gasteiger partial charge < -0.3 is 15.3 Å². The lowest BCUT2D eigenvalue weighted by Gasteiger charge is -2.38. The molecular formula is C19H18N2O4. The summed E-state index contributed by atoms with van der Waals surface area (Å²) in [5, 5.41) is 12.3. The zero-order valence-electron chi connectivity index (χ0n) is 13.9. The molecule has 1 heterocycles. The lowest BCUT2D eigenvalue weighted by atomic mass is 9.80. The van der Waals surface area contributed by atoms with Crippen LogP contribution in [0.25, 0.3) is 0 Å². The van der Waals surface area contributed by atoms with Gasteiger partial charge in [0, 0.05) is 25.2 Å². The molecule has 1 aliphatic heterocycles. The van der Waals surface area contributed by atoms with Gasteiger partial charge in [-0.05, 0) is 29.3 Å². The van der Waals surface area contributed by atoms with E-state index in [2.05, 4.69) is 5.32 Å². The topological polar surface area (TPSA) is 86.7 Å². The molecule has 0 aliphatic carbocycles. The Kier molecular flexibility index (Phi) is 4.27. The van der Waals surface area contributed by atoms with Gasteiger partial charge in [0.05, 0.1) is 6.04 Å². The number of rotatable bonds is 3. The minimum atomic E-state index is -0.993. The molecule has 2 unspecified atom stereocenters. The highest BCUT2D eigenvalue weighted by Crippen LogP contribution is 2.41. The quantitative estimate of drug-likeness (QED) is 0.897. The maximum atomic E-state index is 12.7. The van der Waals surface area contributed by atoms with Crippen molar-refractivity contribution in [3.8, 4) is 0 Å². The van der Waals surface area contributed by atoms with Gasteiger partial charge in [-0.15, -0.1) is 0 Å². The van der Waals surface area contributed by atoms with Crippen LogP contribution >= 0.6 is 0 Å². The number of carbonyl (C=O) groups is 3. The normalized spacial score (nSPS) is 19.3. The summed E-state index contributed by atoms with van der Waals surface area (Å²) in [5.41, 5.74) is 2.07. The second kappa shape index (κ2) is 6.39. The smallest absolute Gasteiger partial charge is 0.313 e. The van der Waals surface area contributed by atoms with Crippen LogP contribution in [-0.2, 0) is 4.79 Å². The van der Waals surface area contributed by atoms with Gasteiger partial charge in [-0.3, -0.25) is 14.4 Å². The molecule has 2 N–H and O–H groups in total. The van der Waals surface area contributed by atoms with Crippen LogP contribution in [0, 0.1) is 0 Å². The van der Waals surface area contributed by atoms with E-state index in [0.717, 1.165) is 0 Å². The van der Waals surface area contributed by atoms with Crippen molar-refractivity contribution in [2.45, 2.75) is 12.0 Å². The predicted molar refractivity (Wildman–Crippen MR) is 91.5 cm³/mol. The highest BCUT2D eigenvalue weighted by atomic mass is 16.4. The summed E-state index contributed by atoms with van der Waals surface area (Å²) < 4.78 is 0. The first-order valence-electron chi connectivity index (χ1n) is 7.86. The SMILES string of the molecule is CNC(=O)c1ccc(C2C(C(=O)O)c3ccccc3C(=O)N2C)cc1. The summed E-state index contributed by atoms with van der Waals surface area (Å²) in [6, 6.07) is 12.8. The van der Waals surface area contributed by atoms with Gasteiger partial charge >= 0.3 is 5.97 Å². The standard InChI is InChI=1S/C19H18N2O4/c1-20-17(22)12-9-7-11(8-10-12)16-15(19(24)25)13-5-3-4-6-14(13)18(23)21(16)2/h3-10,15-16H,1-2H3,(H,20,22)(H,24,25). The van der Waals surface area contributed by atoms with Crippen LogP contribution in [0.1, 0.15) is 43.8 Å². The number of fused-ring (bicyclic) bond motifs is 1. The maximum Gasteiger partial charge on any atom is 0.313 e. The third-order valence-electron chi connectivity index (χ3n) is 4.59. The molecule has 6 nitrogen and oxygen atoms in total. The molecule has 3 rings (SSSR count). The summed E-state index contributed by atoms with van der Waals surface area (Å²) >= 11 is 0. The van der Waals surface area contributed by atoms with Gasteiger partial charge in [0.1, 0.15) is 5.92 Å². The number of benzene rings is 2. The van der Waals surface area contributed by atoms with Crippen molar-refractivity contribution in [2.24, 2.45) is 0 Å². The number of hydrogen-bond donors (Lipinski definition) is 2. The predicted octanol–water partition coefficient (Wildman–Crippen LogP) is 2.04. The summed E-state index contributed by atoms with van der Waals surface area (Å²) in [6.07, 6.45) is 0. The molecular weight excluding hydrogens is 320 g/mol. The van der Waals surface area contributed by atoms with Crippen molar-refractivity contribution >= 4 is 17.8 Å². The molecule has 0 saturated heterocycles. The molecule has 2 aromatic rings. The summed E-state index contributed by atoms with van der Waals surface area (Å²) in [7, 11) is 3.15. The minimum Gasteiger partial charge on any atom is -0.481 e. The van der Waals surface area contributed by atoms with Crippen LogP contribution in [0.15, 0.2) is 48.5 Å². The molecule has 0 radical (unpaired) electrons. The van der Waals surface area contributed by atoms with E-state index in [0.29, 0.717) is 22.3 Å². The summed E-state index contributed by atoms with van der Waals surface area (Å²) in [4.78, 5) is 37.8. The fourth-order valence-corrected chi connectivity index (χ4v) is 3.33.